The monoisotopic (exact) mass is 452 g/mol. The van der Waals surface area contributed by atoms with Gasteiger partial charge in [-0.25, -0.2) is 0 Å². The summed E-state index contributed by atoms with van der Waals surface area (Å²) in [6.45, 7) is 4.07. The van der Waals surface area contributed by atoms with Crippen molar-refractivity contribution in [2.75, 3.05) is 5.43 Å². The summed E-state index contributed by atoms with van der Waals surface area (Å²) in [6, 6.07) is 24.2. The van der Waals surface area contributed by atoms with Crippen molar-refractivity contribution >= 4 is 28.4 Å². The first-order valence-corrected chi connectivity index (χ1v) is 11.7. The number of nitrogens with zero attached hydrogens (tertiary/aromatic N) is 1. The lowest BCUT2D eigenvalue weighted by Crippen LogP contribution is -2.53. The molecule has 0 bridgehead atoms. The Morgan fingerprint density at radius 2 is 1.68 bits per heavy atom. The quantitative estimate of drug-likeness (QED) is 0.334. The number of benzene rings is 3. The highest BCUT2D eigenvalue weighted by Crippen LogP contribution is 2.43. The molecule has 4 aromatic rings. The van der Waals surface area contributed by atoms with E-state index in [0.29, 0.717) is 5.56 Å². The lowest BCUT2D eigenvalue weighted by molar-refractivity contribution is -0.127. The average molecular weight is 453 g/mol. The van der Waals surface area contributed by atoms with Gasteiger partial charge in [-0.15, -0.1) is 0 Å². The van der Waals surface area contributed by atoms with Gasteiger partial charge in [-0.05, 0) is 35.7 Å². The number of carbonyl (C=O) groups is 2. The summed E-state index contributed by atoms with van der Waals surface area (Å²) in [5.74, 6) is -0.404. The van der Waals surface area contributed by atoms with Gasteiger partial charge in [-0.1, -0.05) is 74.9 Å². The lowest BCUT2D eigenvalue weighted by Gasteiger charge is -2.36. The Bertz CT molecular complexity index is 1330. The van der Waals surface area contributed by atoms with Crippen LogP contribution in [-0.4, -0.2) is 27.7 Å². The standard InChI is InChI=1S/C28H28N4O2/c1-3-18(2)25(27(33)31-30-19-11-5-4-6-12-19)32-26(21-14-7-8-15-22(21)28(32)34)23-17-29-24-16-10-9-13-20(23)24/h4-18,25-26,29-30H,3H2,1-2H3,(H,31,33). The van der Waals surface area contributed by atoms with Gasteiger partial charge in [0.2, 0.25) is 0 Å². The van der Waals surface area contributed by atoms with Crippen LogP contribution in [0.5, 0.6) is 0 Å². The van der Waals surface area contributed by atoms with Crippen molar-refractivity contribution in [2.24, 2.45) is 5.92 Å². The highest BCUT2D eigenvalue weighted by atomic mass is 16.2. The molecule has 2 heterocycles. The predicted molar refractivity (Wildman–Crippen MR) is 134 cm³/mol. The summed E-state index contributed by atoms with van der Waals surface area (Å²) in [5.41, 5.74) is 10.2. The van der Waals surface area contributed by atoms with Gasteiger partial charge in [-0.2, -0.15) is 0 Å². The normalized spacial score (nSPS) is 16.8. The molecule has 3 N–H and O–H groups in total. The number of H-pyrrole nitrogens is 1. The molecule has 0 spiro atoms. The summed E-state index contributed by atoms with van der Waals surface area (Å²) < 4.78 is 0. The van der Waals surface area contributed by atoms with Crippen LogP contribution in [0.3, 0.4) is 0 Å². The van der Waals surface area contributed by atoms with Crippen molar-refractivity contribution in [2.45, 2.75) is 32.4 Å². The Labute approximate surface area is 199 Å². The third-order valence-electron chi connectivity index (χ3n) is 6.77. The highest BCUT2D eigenvalue weighted by molar-refractivity contribution is 6.03. The molecule has 0 radical (unpaired) electrons. The van der Waals surface area contributed by atoms with Gasteiger partial charge in [0.15, 0.2) is 0 Å². The van der Waals surface area contributed by atoms with E-state index in [0.717, 1.165) is 34.1 Å². The fourth-order valence-electron chi connectivity index (χ4n) is 4.87. The Balaban J connectivity index is 1.57. The molecule has 34 heavy (non-hydrogen) atoms. The van der Waals surface area contributed by atoms with Crippen molar-refractivity contribution in [1.29, 1.82) is 0 Å². The Morgan fingerprint density at radius 1 is 0.971 bits per heavy atom. The smallest absolute Gasteiger partial charge is 0.261 e. The summed E-state index contributed by atoms with van der Waals surface area (Å²) in [7, 11) is 0. The molecule has 3 aromatic carbocycles. The average Bonchev–Trinajstić information content (AvgIpc) is 3.42. The van der Waals surface area contributed by atoms with Crippen LogP contribution in [0.15, 0.2) is 85.1 Å². The van der Waals surface area contributed by atoms with Gasteiger partial charge in [0, 0.05) is 28.2 Å². The summed E-state index contributed by atoms with van der Waals surface area (Å²) in [6.07, 6.45) is 2.72. The van der Waals surface area contributed by atoms with Gasteiger partial charge in [0.05, 0.1) is 11.7 Å². The zero-order chi connectivity index (χ0) is 23.7. The maximum absolute atomic E-state index is 13.8. The van der Waals surface area contributed by atoms with Crippen molar-refractivity contribution in [1.82, 2.24) is 15.3 Å². The maximum atomic E-state index is 13.8. The number of amides is 2. The first-order chi connectivity index (χ1) is 16.6. The van der Waals surface area contributed by atoms with Gasteiger partial charge in [-0.3, -0.25) is 20.4 Å². The Morgan fingerprint density at radius 3 is 2.47 bits per heavy atom. The van der Waals surface area contributed by atoms with Crippen LogP contribution in [0.4, 0.5) is 5.69 Å². The van der Waals surface area contributed by atoms with E-state index in [-0.39, 0.29) is 23.8 Å². The van der Waals surface area contributed by atoms with Crippen molar-refractivity contribution in [3.05, 3.63) is 102 Å². The lowest BCUT2D eigenvalue weighted by atomic mass is 9.93. The van der Waals surface area contributed by atoms with E-state index in [4.69, 9.17) is 0 Å². The second kappa shape index (κ2) is 9.06. The fraction of sp³-hybridized carbons (Fsp3) is 0.214. The van der Waals surface area contributed by atoms with E-state index in [1.807, 2.05) is 92.8 Å². The number of para-hydroxylation sites is 2. The first kappa shape index (κ1) is 21.8. The molecule has 2 amide bonds. The minimum absolute atomic E-state index is 0.0523. The van der Waals surface area contributed by atoms with Crippen molar-refractivity contribution in [3.63, 3.8) is 0 Å². The van der Waals surface area contributed by atoms with E-state index in [1.165, 1.54) is 0 Å². The van der Waals surface area contributed by atoms with Crippen LogP contribution in [0.25, 0.3) is 10.9 Å². The number of hydrogen-bond acceptors (Lipinski definition) is 3. The van der Waals surface area contributed by atoms with Crippen LogP contribution in [-0.2, 0) is 4.79 Å². The van der Waals surface area contributed by atoms with E-state index >= 15 is 0 Å². The number of aromatic amines is 1. The number of rotatable bonds is 7. The Hall–Kier alpha value is -4.06. The first-order valence-electron chi connectivity index (χ1n) is 11.7. The number of carbonyl (C=O) groups excluding carboxylic acids is 2. The number of anilines is 1. The van der Waals surface area contributed by atoms with E-state index in [1.54, 1.807) is 4.90 Å². The van der Waals surface area contributed by atoms with E-state index in [9.17, 15) is 9.59 Å². The third-order valence-corrected chi connectivity index (χ3v) is 6.77. The zero-order valence-electron chi connectivity index (χ0n) is 19.3. The molecular formula is C28H28N4O2. The predicted octanol–water partition coefficient (Wildman–Crippen LogP) is 5.27. The highest BCUT2D eigenvalue weighted by Gasteiger charge is 2.46. The number of nitrogens with one attached hydrogen (secondary N) is 3. The molecule has 1 aliphatic rings. The molecule has 1 aliphatic heterocycles. The molecule has 172 valence electrons. The molecule has 3 atom stereocenters. The van der Waals surface area contributed by atoms with Gasteiger partial charge in [0.1, 0.15) is 6.04 Å². The SMILES string of the molecule is CCC(C)C(C(=O)NNc1ccccc1)N1C(=O)c2ccccc2C1c1c[nH]c2ccccc12. The number of hydrogen-bond donors (Lipinski definition) is 3. The number of fused-ring (bicyclic) bond motifs is 2. The van der Waals surface area contributed by atoms with E-state index in [2.05, 4.69) is 21.9 Å². The van der Waals surface area contributed by atoms with Crippen LogP contribution in [0, 0.1) is 5.92 Å². The summed E-state index contributed by atoms with van der Waals surface area (Å²) in [4.78, 5) is 32.5. The molecule has 6 heteroatoms. The van der Waals surface area contributed by atoms with Gasteiger partial charge < -0.3 is 9.88 Å². The molecule has 0 fully saturated rings. The topological polar surface area (TPSA) is 77.2 Å². The van der Waals surface area contributed by atoms with Crippen LogP contribution < -0.4 is 10.9 Å². The van der Waals surface area contributed by atoms with Crippen molar-refractivity contribution in [3.8, 4) is 0 Å². The minimum atomic E-state index is -0.653. The molecule has 5 rings (SSSR count). The van der Waals surface area contributed by atoms with Gasteiger partial charge in [0.25, 0.3) is 11.8 Å². The second-order valence-corrected chi connectivity index (χ2v) is 8.80. The maximum Gasteiger partial charge on any atom is 0.261 e. The van der Waals surface area contributed by atoms with Gasteiger partial charge >= 0.3 is 0 Å². The fourth-order valence-corrected chi connectivity index (χ4v) is 4.87. The Kier molecular flexibility index (Phi) is 5.80. The molecule has 0 saturated carbocycles. The molecule has 0 aliphatic carbocycles. The third kappa shape index (κ3) is 3.71. The number of hydrazine groups is 1. The molecular weight excluding hydrogens is 424 g/mol. The van der Waals surface area contributed by atoms with Crippen LogP contribution in [0.2, 0.25) is 0 Å². The van der Waals surface area contributed by atoms with E-state index < -0.39 is 6.04 Å². The number of aromatic nitrogens is 1. The summed E-state index contributed by atoms with van der Waals surface area (Å²) >= 11 is 0. The zero-order valence-corrected chi connectivity index (χ0v) is 19.3. The van der Waals surface area contributed by atoms with Crippen LogP contribution >= 0.6 is 0 Å². The van der Waals surface area contributed by atoms with Crippen molar-refractivity contribution < 1.29 is 9.59 Å². The molecule has 0 saturated heterocycles. The summed E-state index contributed by atoms with van der Waals surface area (Å²) in [5, 5.41) is 1.05. The molecule has 3 unspecified atom stereocenters. The second-order valence-electron chi connectivity index (χ2n) is 8.80. The minimum Gasteiger partial charge on any atom is -0.361 e. The largest absolute Gasteiger partial charge is 0.361 e. The molecule has 1 aromatic heterocycles. The van der Waals surface area contributed by atoms with Crippen LogP contribution in [0.1, 0.15) is 47.8 Å². The molecule has 6 nitrogen and oxygen atoms in total.